The van der Waals surface area contributed by atoms with Crippen molar-refractivity contribution in [3.8, 4) is 0 Å². The van der Waals surface area contributed by atoms with Crippen LogP contribution in [0.1, 0.15) is 36.8 Å². The Morgan fingerprint density at radius 2 is 1.94 bits per heavy atom. The molecule has 0 saturated heterocycles. The Hall–Kier alpha value is -1.44. The number of aliphatic imine (C=N–C) groups is 1. The lowest BCUT2D eigenvalue weighted by Crippen LogP contribution is -2.18. The van der Waals surface area contributed by atoms with Gasteiger partial charge in [-0.2, -0.15) is 4.99 Å². The number of hydrogen-bond donors (Lipinski definition) is 0. The molecule has 0 aromatic heterocycles. The van der Waals surface area contributed by atoms with Crippen LogP contribution >= 0.6 is 0 Å². The Labute approximate surface area is 108 Å². The van der Waals surface area contributed by atoms with E-state index < -0.39 is 0 Å². The van der Waals surface area contributed by atoms with Gasteiger partial charge in [0.05, 0.1) is 12.1 Å². The van der Waals surface area contributed by atoms with Crippen molar-refractivity contribution in [2.75, 3.05) is 13.7 Å². The second kappa shape index (κ2) is 5.94. The standard InChI is InChI=1S/C15H19NO2/c1-18-11-8-13-4-6-14(7-5-13)15(16-12-17)9-2-3-10-15/h4-7H,2-3,8-11H2,1H3. The van der Waals surface area contributed by atoms with Crippen LogP contribution in [0.5, 0.6) is 0 Å². The number of benzene rings is 1. The van der Waals surface area contributed by atoms with E-state index in [9.17, 15) is 4.79 Å². The topological polar surface area (TPSA) is 38.7 Å². The Morgan fingerprint density at radius 3 is 2.50 bits per heavy atom. The van der Waals surface area contributed by atoms with Crippen molar-refractivity contribution in [3.05, 3.63) is 35.4 Å². The third-order valence-electron chi connectivity index (χ3n) is 3.78. The highest BCUT2D eigenvalue weighted by atomic mass is 16.5. The third kappa shape index (κ3) is 2.69. The van der Waals surface area contributed by atoms with Gasteiger partial charge in [0.15, 0.2) is 0 Å². The number of methoxy groups -OCH3 is 1. The zero-order chi connectivity index (χ0) is 12.8. The molecule has 1 aromatic carbocycles. The Balaban J connectivity index is 2.19. The molecule has 3 nitrogen and oxygen atoms in total. The van der Waals surface area contributed by atoms with Gasteiger partial charge in [-0.25, -0.2) is 4.79 Å². The van der Waals surface area contributed by atoms with Gasteiger partial charge in [-0.1, -0.05) is 37.1 Å². The molecule has 0 heterocycles. The second-order valence-electron chi connectivity index (χ2n) is 4.88. The Morgan fingerprint density at radius 1 is 1.28 bits per heavy atom. The fourth-order valence-electron chi connectivity index (χ4n) is 2.71. The van der Waals surface area contributed by atoms with E-state index in [1.165, 1.54) is 5.56 Å². The first-order chi connectivity index (χ1) is 8.80. The maximum atomic E-state index is 10.6. The fourth-order valence-corrected chi connectivity index (χ4v) is 2.71. The lowest BCUT2D eigenvalue weighted by Gasteiger charge is -2.23. The first kappa shape index (κ1) is 13.0. The lowest BCUT2D eigenvalue weighted by molar-refractivity contribution is 0.202. The largest absolute Gasteiger partial charge is 0.384 e. The van der Waals surface area contributed by atoms with Crippen molar-refractivity contribution in [1.82, 2.24) is 0 Å². The molecule has 0 spiro atoms. The van der Waals surface area contributed by atoms with Gasteiger partial charge in [0, 0.05) is 7.11 Å². The minimum absolute atomic E-state index is 0.304. The van der Waals surface area contributed by atoms with Crippen molar-refractivity contribution in [3.63, 3.8) is 0 Å². The molecule has 96 valence electrons. The predicted molar refractivity (Wildman–Crippen MR) is 70.3 cm³/mol. The second-order valence-corrected chi connectivity index (χ2v) is 4.88. The molecule has 1 aliphatic rings. The lowest BCUT2D eigenvalue weighted by atomic mass is 9.88. The van der Waals surface area contributed by atoms with E-state index in [0.717, 1.165) is 44.3 Å². The number of carbonyl (C=O) groups excluding carboxylic acids is 1. The van der Waals surface area contributed by atoms with Crippen molar-refractivity contribution in [1.29, 1.82) is 0 Å². The van der Waals surface area contributed by atoms with E-state index in [1.54, 1.807) is 13.2 Å². The summed E-state index contributed by atoms with van der Waals surface area (Å²) in [5.41, 5.74) is 2.09. The Bertz CT molecular complexity index is 426. The van der Waals surface area contributed by atoms with Crippen molar-refractivity contribution in [2.24, 2.45) is 4.99 Å². The fraction of sp³-hybridized carbons (Fsp3) is 0.533. The molecule has 18 heavy (non-hydrogen) atoms. The van der Waals surface area contributed by atoms with Crippen molar-refractivity contribution < 1.29 is 9.53 Å². The van der Waals surface area contributed by atoms with Crippen molar-refractivity contribution >= 4 is 6.08 Å². The summed E-state index contributed by atoms with van der Waals surface area (Å²) in [7, 11) is 1.71. The van der Waals surface area contributed by atoms with E-state index in [2.05, 4.69) is 29.3 Å². The monoisotopic (exact) mass is 245 g/mol. The van der Waals surface area contributed by atoms with Gasteiger partial charge < -0.3 is 4.74 Å². The van der Waals surface area contributed by atoms with Crippen LogP contribution in [0.2, 0.25) is 0 Å². The molecule has 0 N–H and O–H groups in total. The SMILES string of the molecule is COCCc1ccc(C2(N=C=O)CCCC2)cc1. The molecule has 2 rings (SSSR count). The molecule has 1 saturated carbocycles. The summed E-state index contributed by atoms with van der Waals surface area (Å²) in [6.45, 7) is 0.733. The predicted octanol–water partition coefficient (Wildman–Crippen LogP) is 2.98. The summed E-state index contributed by atoms with van der Waals surface area (Å²) in [6.07, 6.45) is 6.86. The van der Waals surface area contributed by atoms with Crippen LogP contribution in [0, 0.1) is 0 Å². The highest BCUT2D eigenvalue weighted by Crippen LogP contribution is 2.41. The van der Waals surface area contributed by atoms with Crippen LogP contribution in [0.25, 0.3) is 0 Å². The van der Waals surface area contributed by atoms with Gasteiger partial charge >= 0.3 is 0 Å². The van der Waals surface area contributed by atoms with Gasteiger partial charge in [-0.3, -0.25) is 0 Å². The Kier molecular flexibility index (Phi) is 4.29. The summed E-state index contributed by atoms with van der Waals surface area (Å²) >= 11 is 0. The van der Waals surface area contributed by atoms with E-state index >= 15 is 0 Å². The van der Waals surface area contributed by atoms with Gasteiger partial charge in [-0.15, -0.1) is 0 Å². The molecule has 1 aromatic rings. The van der Waals surface area contributed by atoms with Gasteiger partial charge in [0.1, 0.15) is 0 Å². The van der Waals surface area contributed by atoms with Gasteiger partial charge in [0.25, 0.3) is 0 Å². The van der Waals surface area contributed by atoms with Crippen molar-refractivity contribution in [2.45, 2.75) is 37.6 Å². The summed E-state index contributed by atoms with van der Waals surface area (Å²) < 4.78 is 5.06. The van der Waals surface area contributed by atoms with Crippen LogP contribution in [0.15, 0.2) is 29.3 Å². The molecular weight excluding hydrogens is 226 g/mol. The average Bonchev–Trinajstić information content (AvgIpc) is 2.87. The molecule has 0 atom stereocenters. The van der Waals surface area contributed by atoms with Crippen LogP contribution in [-0.2, 0) is 21.5 Å². The van der Waals surface area contributed by atoms with E-state index in [-0.39, 0.29) is 5.54 Å². The van der Waals surface area contributed by atoms with Crippen LogP contribution < -0.4 is 0 Å². The number of ether oxygens (including phenoxy) is 1. The van der Waals surface area contributed by atoms with Crippen LogP contribution in [0.4, 0.5) is 0 Å². The first-order valence-corrected chi connectivity index (χ1v) is 6.48. The molecule has 1 aliphatic carbocycles. The molecule has 1 fully saturated rings. The summed E-state index contributed by atoms with van der Waals surface area (Å²) in [5, 5.41) is 0. The van der Waals surface area contributed by atoms with Gasteiger partial charge in [-0.05, 0) is 30.4 Å². The maximum Gasteiger partial charge on any atom is 0.235 e. The summed E-state index contributed by atoms with van der Waals surface area (Å²) in [4.78, 5) is 14.7. The highest BCUT2D eigenvalue weighted by molar-refractivity contribution is 5.39. The normalized spacial score (nSPS) is 17.4. The molecule has 0 unspecified atom stereocenters. The number of rotatable bonds is 5. The molecule has 0 bridgehead atoms. The number of hydrogen-bond acceptors (Lipinski definition) is 3. The average molecular weight is 245 g/mol. The van der Waals surface area contributed by atoms with Crippen LogP contribution in [0.3, 0.4) is 0 Å². The molecule has 3 heteroatoms. The summed E-state index contributed by atoms with van der Waals surface area (Å²) in [5.74, 6) is 0. The molecule has 0 amide bonds. The number of nitrogens with zero attached hydrogens (tertiary/aromatic N) is 1. The zero-order valence-corrected chi connectivity index (χ0v) is 10.8. The highest BCUT2D eigenvalue weighted by Gasteiger charge is 2.35. The minimum atomic E-state index is -0.304. The summed E-state index contributed by atoms with van der Waals surface area (Å²) in [6, 6.07) is 8.40. The molecule has 0 radical (unpaired) electrons. The van der Waals surface area contributed by atoms with Crippen LogP contribution in [-0.4, -0.2) is 19.8 Å². The maximum absolute atomic E-state index is 10.6. The quantitative estimate of drug-likeness (QED) is 0.591. The molecule has 0 aliphatic heterocycles. The number of isocyanates is 1. The smallest absolute Gasteiger partial charge is 0.235 e. The van der Waals surface area contributed by atoms with E-state index in [1.807, 2.05) is 0 Å². The third-order valence-corrected chi connectivity index (χ3v) is 3.78. The molecular formula is C15H19NO2. The van der Waals surface area contributed by atoms with E-state index in [0.29, 0.717) is 0 Å². The van der Waals surface area contributed by atoms with E-state index in [4.69, 9.17) is 4.74 Å². The zero-order valence-electron chi connectivity index (χ0n) is 10.8. The van der Waals surface area contributed by atoms with Gasteiger partial charge in [0.2, 0.25) is 6.08 Å². The first-order valence-electron chi connectivity index (χ1n) is 6.48. The minimum Gasteiger partial charge on any atom is -0.384 e.